The number of rotatable bonds is 10. The maximum Gasteiger partial charge on any atom is 0.0566 e. The molecule has 1 saturated carbocycles. The van der Waals surface area contributed by atoms with Gasteiger partial charge < -0.3 is 18.9 Å². The zero-order chi connectivity index (χ0) is 17.3. The van der Waals surface area contributed by atoms with Crippen LogP contribution in [0.1, 0.15) is 33.1 Å². The molecule has 4 heteroatoms. The van der Waals surface area contributed by atoms with E-state index in [1.807, 2.05) is 0 Å². The van der Waals surface area contributed by atoms with Crippen molar-refractivity contribution in [1.82, 2.24) is 0 Å². The van der Waals surface area contributed by atoms with Gasteiger partial charge in [-0.3, -0.25) is 0 Å². The normalized spacial score (nSPS) is 37.0. The first kappa shape index (κ1) is 18.0. The van der Waals surface area contributed by atoms with Crippen molar-refractivity contribution < 1.29 is 18.9 Å². The molecule has 0 N–H and O–H groups in total. The van der Waals surface area contributed by atoms with Gasteiger partial charge in [0.15, 0.2) is 0 Å². The van der Waals surface area contributed by atoms with Crippen LogP contribution >= 0.6 is 0 Å². The van der Waals surface area contributed by atoms with Crippen LogP contribution in [0.5, 0.6) is 0 Å². The molecule has 0 aromatic rings. The van der Waals surface area contributed by atoms with Crippen LogP contribution in [0.25, 0.3) is 0 Å². The predicted octanol–water partition coefficient (Wildman–Crippen LogP) is 3.31. The molecular formula is C21H34O4. The van der Waals surface area contributed by atoms with Crippen LogP contribution in [-0.2, 0) is 18.9 Å². The van der Waals surface area contributed by atoms with Gasteiger partial charge in [0, 0.05) is 10.8 Å². The number of ether oxygens (including phenoxy) is 4. The van der Waals surface area contributed by atoms with Crippen molar-refractivity contribution in [3.05, 3.63) is 12.2 Å². The van der Waals surface area contributed by atoms with E-state index in [9.17, 15) is 0 Å². The summed E-state index contributed by atoms with van der Waals surface area (Å²) in [6.07, 6.45) is 8.44. The van der Waals surface area contributed by atoms with Crippen molar-refractivity contribution in [1.29, 1.82) is 0 Å². The summed E-state index contributed by atoms with van der Waals surface area (Å²) in [5.41, 5.74) is 0.578. The first-order chi connectivity index (χ1) is 12.2. The summed E-state index contributed by atoms with van der Waals surface area (Å²) in [4.78, 5) is 0. The van der Waals surface area contributed by atoms with E-state index in [0.717, 1.165) is 65.7 Å². The van der Waals surface area contributed by atoms with E-state index in [1.54, 1.807) is 0 Å². The minimum atomic E-state index is 0.289. The summed E-state index contributed by atoms with van der Waals surface area (Å²) in [6, 6.07) is 0. The van der Waals surface area contributed by atoms with Gasteiger partial charge in [-0.15, -0.1) is 0 Å². The largest absolute Gasteiger partial charge is 0.380 e. The molecule has 4 atom stereocenters. The Hall–Kier alpha value is -0.420. The highest BCUT2D eigenvalue weighted by Gasteiger charge is 2.46. The second-order valence-corrected chi connectivity index (χ2v) is 9.00. The molecule has 0 radical (unpaired) electrons. The predicted molar refractivity (Wildman–Crippen MR) is 96.4 cm³/mol. The number of fused-ring (bicyclic) bond motifs is 2. The molecule has 0 spiro atoms. The molecule has 2 heterocycles. The number of allylic oxidation sites excluding steroid dienone is 2. The fourth-order valence-corrected chi connectivity index (χ4v) is 4.90. The van der Waals surface area contributed by atoms with Gasteiger partial charge in [0.1, 0.15) is 0 Å². The highest BCUT2D eigenvalue weighted by atomic mass is 16.5. The van der Waals surface area contributed by atoms with Crippen LogP contribution in [-0.4, -0.2) is 52.9 Å². The Bertz CT molecular complexity index is 427. The molecule has 4 nitrogen and oxygen atoms in total. The summed E-state index contributed by atoms with van der Waals surface area (Å²) < 4.78 is 23.2. The fourth-order valence-electron chi connectivity index (χ4n) is 4.90. The Morgan fingerprint density at radius 1 is 0.800 bits per heavy atom. The molecule has 142 valence electrons. The number of hydrogen-bond acceptors (Lipinski definition) is 4. The first-order valence-corrected chi connectivity index (χ1v) is 10.2. The second-order valence-electron chi connectivity index (χ2n) is 9.00. The molecule has 4 rings (SSSR count). The Kier molecular flexibility index (Phi) is 5.25. The van der Waals surface area contributed by atoms with Gasteiger partial charge >= 0.3 is 0 Å². The van der Waals surface area contributed by atoms with Crippen molar-refractivity contribution in [2.45, 2.75) is 33.1 Å². The monoisotopic (exact) mass is 350 g/mol. The molecule has 4 unspecified atom stereocenters. The van der Waals surface area contributed by atoms with Gasteiger partial charge in [-0.05, 0) is 42.9 Å². The quantitative estimate of drug-likeness (QED) is 0.567. The van der Waals surface area contributed by atoms with Crippen LogP contribution < -0.4 is 0 Å². The lowest BCUT2D eigenvalue weighted by Crippen LogP contribution is -2.46. The summed E-state index contributed by atoms with van der Waals surface area (Å²) >= 11 is 0. The van der Waals surface area contributed by atoms with Gasteiger partial charge in [0.2, 0.25) is 0 Å². The third kappa shape index (κ3) is 3.43. The van der Waals surface area contributed by atoms with Gasteiger partial charge in [-0.25, -0.2) is 0 Å². The minimum Gasteiger partial charge on any atom is -0.380 e. The summed E-state index contributed by atoms with van der Waals surface area (Å²) in [5, 5.41) is 0. The van der Waals surface area contributed by atoms with Crippen molar-refractivity contribution >= 4 is 0 Å². The van der Waals surface area contributed by atoms with Gasteiger partial charge in [0.05, 0.1) is 52.9 Å². The summed E-state index contributed by atoms with van der Waals surface area (Å²) in [5.74, 6) is 2.64. The SMILES string of the molecule is CCC1(COCC2C3C=CC(C3)C2COCC2(CC)COC2)COC1. The summed E-state index contributed by atoms with van der Waals surface area (Å²) in [6.45, 7) is 11.4. The Morgan fingerprint density at radius 3 is 1.56 bits per heavy atom. The lowest BCUT2D eigenvalue weighted by atomic mass is 9.82. The third-order valence-electron chi connectivity index (χ3n) is 7.37. The Morgan fingerprint density at radius 2 is 1.24 bits per heavy atom. The summed E-state index contributed by atoms with van der Waals surface area (Å²) in [7, 11) is 0. The van der Waals surface area contributed by atoms with Crippen LogP contribution in [0.3, 0.4) is 0 Å². The fraction of sp³-hybridized carbons (Fsp3) is 0.905. The van der Waals surface area contributed by atoms with Crippen molar-refractivity contribution in [2.75, 3.05) is 52.9 Å². The average molecular weight is 350 g/mol. The van der Waals surface area contributed by atoms with Crippen LogP contribution in [0.4, 0.5) is 0 Å². The van der Waals surface area contributed by atoms with E-state index in [0.29, 0.717) is 23.7 Å². The Labute approximate surface area is 152 Å². The van der Waals surface area contributed by atoms with E-state index in [1.165, 1.54) is 6.42 Å². The second kappa shape index (κ2) is 7.30. The lowest BCUT2D eigenvalue weighted by molar-refractivity contribution is -0.160. The van der Waals surface area contributed by atoms with Crippen molar-refractivity contribution in [3.63, 3.8) is 0 Å². The maximum atomic E-state index is 6.21. The first-order valence-electron chi connectivity index (χ1n) is 10.2. The molecule has 2 saturated heterocycles. The molecule has 4 aliphatic rings. The van der Waals surface area contributed by atoms with E-state index in [4.69, 9.17) is 18.9 Å². The average Bonchev–Trinajstić information content (AvgIpc) is 3.14. The molecule has 25 heavy (non-hydrogen) atoms. The highest BCUT2D eigenvalue weighted by molar-refractivity contribution is 5.13. The van der Waals surface area contributed by atoms with E-state index in [2.05, 4.69) is 26.0 Å². The molecule has 2 aliphatic heterocycles. The minimum absolute atomic E-state index is 0.289. The smallest absolute Gasteiger partial charge is 0.0566 e. The molecule has 0 amide bonds. The highest BCUT2D eigenvalue weighted by Crippen LogP contribution is 2.48. The molecular weight excluding hydrogens is 316 g/mol. The topological polar surface area (TPSA) is 36.9 Å². The van der Waals surface area contributed by atoms with E-state index < -0.39 is 0 Å². The molecule has 3 fully saturated rings. The van der Waals surface area contributed by atoms with E-state index >= 15 is 0 Å². The van der Waals surface area contributed by atoms with Crippen molar-refractivity contribution in [3.8, 4) is 0 Å². The third-order valence-corrected chi connectivity index (χ3v) is 7.37. The standard InChI is InChI=1S/C21H34O4/c1-3-20(12-24-13-20)10-22-8-18-16-5-6-17(7-16)19(18)9-23-11-21(4-2)14-25-15-21/h5-6,16-19H,3-4,7-15H2,1-2H3. The maximum absolute atomic E-state index is 6.21. The zero-order valence-corrected chi connectivity index (χ0v) is 15.9. The zero-order valence-electron chi connectivity index (χ0n) is 15.9. The Balaban J connectivity index is 1.26. The van der Waals surface area contributed by atoms with Gasteiger partial charge in [0.25, 0.3) is 0 Å². The molecule has 2 bridgehead atoms. The van der Waals surface area contributed by atoms with Gasteiger partial charge in [-0.1, -0.05) is 26.0 Å². The van der Waals surface area contributed by atoms with Gasteiger partial charge in [-0.2, -0.15) is 0 Å². The lowest BCUT2D eigenvalue weighted by Gasteiger charge is -2.41. The van der Waals surface area contributed by atoms with E-state index in [-0.39, 0.29) is 10.8 Å². The van der Waals surface area contributed by atoms with Crippen molar-refractivity contribution in [2.24, 2.45) is 34.5 Å². The molecule has 0 aromatic heterocycles. The molecule has 0 aromatic carbocycles. The van der Waals surface area contributed by atoms with Crippen LogP contribution in [0.2, 0.25) is 0 Å². The van der Waals surface area contributed by atoms with Crippen LogP contribution in [0.15, 0.2) is 12.2 Å². The number of hydrogen-bond donors (Lipinski definition) is 0. The van der Waals surface area contributed by atoms with Crippen LogP contribution in [0, 0.1) is 34.5 Å². The molecule has 2 aliphatic carbocycles.